The van der Waals surface area contributed by atoms with Gasteiger partial charge in [0.05, 0.1) is 0 Å². The van der Waals surface area contributed by atoms with Crippen molar-refractivity contribution in [2.24, 2.45) is 0 Å². The molecule has 0 atom stereocenters. The Kier molecular flexibility index (Phi) is 18.2. The summed E-state index contributed by atoms with van der Waals surface area (Å²) in [6.07, 6.45) is 9.98. The standard InChI is InChI=1S/2C25H29OSi.C2H7Si.2ClH.Zr/c2*1-25(2,3)27(23-14-6-4-7-15-23,24-16-8-5-9-17-24)26-22-18-20-12-10-11-13-21(20)19-22;1-3-2;;;/h2*4-9,14-19H,10-13H2,1-3H3;3H,1-2H3;2*1H;/q2*-1;;;;+4/p-2. The van der Waals surface area contributed by atoms with Crippen LogP contribution in [0.25, 0.3) is 0 Å². The van der Waals surface area contributed by atoms with Crippen molar-refractivity contribution in [1.29, 1.82) is 0 Å². The van der Waals surface area contributed by atoms with E-state index in [1.165, 1.54) is 94.4 Å². The number of hydrogen-bond donors (Lipinski definition) is 0. The summed E-state index contributed by atoms with van der Waals surface area (Å²) in [6.45, 7) is 18.4. The molecule has 8 rings (SSSR count). The first-order chi connectivity index (χ1) is 28.8. The summed E-state index contributed by atoms with van der Waals surface area (Å²) in [7, 11) is 5.61. The minimum atomic E-state index is -2.50. The molecule has 6 aromatic rings. The van der Waals surface area contributed by atoms with Gasteiger partial charge in [-0.05, 0) is 42.3 Å². The Balaban J connectivity index is 0.000000201. The Bertz CT molecular complexity index is 1860. The van der Waals surface area contributed by atoms with Crippen LogP contribution < -0.4 is 29.6 Å². The predicted molar refractivity (Wildman–Crippen MR) is 264 cm³/mol. The molecule has 0 amide bonds. The molecule has 8 heteroatoms. The van der Waals surface area contributed by atoms with Crippen molar-refractivity contribution in [3.8, 4) is 11.5 Å². The van der Waals surface area contributed by atoms with Crippen molar-refractivity contribution in [2.45, 2.75) is 116 Å². The number of fused-ring (bicyclic) bond motifs is 2. The average Bonchev–Trinajstić information content (AvgIpc) is 3.86. The molecule has 0 aliphatic heterocycles. The molecular weight excluding hydrogens is 903 g/mol. The molecule has 0 spiro atoms. The summed E-state index contributed by atoms with van der Waals surface area (Å²) >= 11 is -0.826. The molecule has 2 nitrogen and oxygen atoms in total. The van der Waals surface area contributed by atoms with Gasteiger partial charge in [-0.15, -0.1) is 12.1 Å². The second kappa shape index (κ2) is 22.6. The second-order valence-corrected chi connectivity index (χ2v) is 31.4. The quantitative estimate of drug-likeness (QED) is 0.112. The van der Waals surface area contributed by atoms with Gasteiger partial charge in [0.15, 0.2) is 0 Å². The van der Waals surface area contributed by atoms with Crippen LogP contribution in [0.5, 0.6) is 11.5 Å². The van der Waals surface area contributed by atoms with Crippen LogP contribution in [-0.4, -0.2) is 26.2 Å². The number of hydrogen-bond acceptors (Lipinski definition) is 2. The van der Waals surface area contributed by atoms with Crippen molar-refractivity contribution in [1.82, 2.24) is 0 Å². The first-order valence-corrected chi connectivity index (χ1v) is 34.2. The molecule has 1 radical (unpaired) electrons. The number of benzene rings is 4. The first-order valence-electron chi connectivity index (χ1n) is 21.7. The first kappa shape index (κ1) is 48.3. The number of aryl methyl sites for hydroxylation is 4. The Morgan fingerprint density at radius 2 is 0.733 bits per heavy atom. The minimum absolute atomic E-state index is 0.00742. The van der Waals surface area contributed by atoms with Crippen LogP contribution in [0.3, 0.4) is 0 Å². The molecule has 315 valence electrons. The average molecular weight is 968 g/mol. The molecule has 0 heterocycles. The van der Waals surface area contributed by atoms with Gasteiger partial charge in [-0.25, -0.2) is 0 Å². The molecule has 60 heavy (non-hydrogen) atoms. The van der Waals surface area contributed by atoms with E-state index in [4.69, 9.17) is 25.9 Å². The van der Waals surface area contributed by atoms with Gasteiger partial charge >= 0.3 is 54.5 Å². The third-order valence-corrected chi connectivity index (χ3v) is 21.6. The maximum absolute atomic E-state index is 7.13. The fraction of sp³-hybridized carbons (Fsp3) is 0.346. The van der Waals surface area contributed by atoms with Crippen molar-refractivity contribution in [2.75, 3.05) is 0 Å². The van der Waals surface area contributed by atoms with E-state index in [1.807, 2.05) is 0 Å². The Morgan fingerprint density at radius 1 is 0.483 bits per heavy atom. The Labute approximate surface area is 385 Å². The SMILES string of the molecule is CC(C)(C)[Si](Oc1cc2c([cH-]1)CCCC2)(c1ccccc1)c1ccccc1.CC(C)(C)[Si](Oc1cc2c([cH-]1)CCCC2)(c1ccccc1)c1ccccc1.C[SiH]C.[Cl][Zr+2][Cl]. The molecule has 0 aromatic heterocycles. The topological polar surface area (TPSA) is 18.5 Å². The van der Waals surface area contributed by atoms with E-state index in [-0.39, 0.29) is 10.1 Å². The van der Waals surface area contributed by atoms with Crippen LogP contribution >= 0.6 is 17.0 Å². The van der Waals surface area contributed by atoms with Gasteiger partial charge in [0.2, 0.25) is 0 Å². The molecular formula is C52H65Cl2O2Si3Zr. The molecule has 0 unspecified atom stereocenters. The van der Waals surface area contributed by atoms with E-state index < -0.39 is 37.5 Å². The van der Waals surface area contributed by atoms with E-state index in [0.29, 0.717) is 0 Å². The summed E-state index contributed by atoms with van der Waals surface area (Å²) < 4.78 is 14.3. The number of rotatable bonds is 8. The van der Waals surface area contributed by atoms with Gasteiger partial charge in [-0.3, -0.25) is 0 Å². The summed E-state index contributed by atoms with van der Waals surface area (Å²) in [5.74, 6) is 2.13. The van der Waals surface area contributed by atoms with E-state index >= 15 is 0 Å². The zero-order chi connectivity index (χ0) is 43.2. The molecule has 2 aliphatic rings. The van der Waals surface area contributed by atoms with Crippen molar-refractivity contribution in [3.63, 3.8) is 0 Å². The van der Waals surface area contributed by atoms with Crippen molar-refractivity contribution >= 4 is 63.9 Å². The zero-order valence-electron chi connectivity index (χ0n) is 37.2. The molecule has 0 saturated heterocycles. The van der Waals surface area contributed by atoms with E-state index in [9.17, 15) is 0 Å². The summed E-state index contributed by atoms with van der Waals surface area (Å²) in [6, 6.07) is 52.8. The van der Waals surface area contributed by atoms with E-state index in [2.05, 4.69) is 200 Å². The summed E-state index contributed by atoms with van der Waals surface area (Å²) in [4.78, 5) is 0. The van der Waals surface area contributed by atoms with Gasteiger partial charge in [0.25, 0.3) is 0 Å². The third kappa shape index (κ3) is 11.5. The van der Waals surface area contributed by atoms with E-state index in [0.717, 1.165) is 21.0 Å². The van der Waals surface area contributed by atoms with Gasteiger partial charge < -0.3 is 8.85 Å². The van der Waals surface area contributed by atoms with Crippen molar-refractivity contribution in [3.05, 3.63) is 168 Å². The van der Waals surface area contributed by atoms with Gasteiger partial charge in [0.1, 0.15) is 0 Å². The molecule has 0 bridgehead atoms. The van der Waals surface area contributed by atoms with Crippen LogP contribution in [0.15, 0.2) is 146 Å². The number of halogens is 2. The van der Waals surface area contributed by atoms with Gasteiger partial charge in [0, 0.05) is 9.52 Å². The molecule has 0 N–H and O–H groups in total. The third-order valence-electron chi connectivity index (χ3n) is 11.8. The monoisotopic (exact) mass is 965 g/mol. The molecule has 6 aromatic carbocycles. The van der Waals surface area contributed by atoms with Crippen LogP contribution in [0.2, 0.25) is 23.2 Å². The zero-order valence-corrected chi connectivity index (χ0v) is 44.3. The van der Waals surface area contributed by atoms with Gasteiger partial charge in [-0.1, -0.05) is 227 Å². The molecule has 2 aliphatic carbocycles. The second-order valence-electron chi connectivity index (χ2n) is 18.1. The summed E-state index contributed by atoms with van der Waals surface area (Å²) in [5.41, 5.74) is 5.98. The maximum atomic E-state index is 7.13. The predicted octanol–water partition coefficient (Wildman–Crippen LogP) is 12.3. The van der Waals surface area contributed by atoms with Crippen LogP contribution in [-0.2, 0) is 46.5 Å². The molecule has 0 saturated carbocycles. The Morgan fingerprint density at radius 3 is 0.967 bits per heavy atom. The fourth-order valence-corrected chi connectivity index (χ4v) is 17.9. The van der Waals surface area contributed by atoms with Crippen LogP contribution in [0.4, 0.5) is 0 Å². The van der Waals surface area contributed by atoms with Crippen LogP contribution in [0, 0.1) is 0 Å². The summed E-state index contributed by atoms with van der Waals surface area (Å²) in [5, 5.41) is 5.36. The van der Waals surface area contributed by atoms with Crippen molar-refractivity contribution < 1.29 is 29.7 Å². The van der Waals surface area contributed by atoms with E-state index in [1.54, 1.807) is 0 Å². The van der Waals surface area contributed by atoms with Gasteiger partial charge in [-0.2, -0.15) is 34.4 Å². The van der Waals surface area contributed by atoms with Crippen LogP contribution in [0.1, 0.15) is 89.5 Å². The fourth-order valence-electron chi connectivity index (χ4n) is 9.10. The molecule has 0 fully saturated rings. The Hall–Kier alpha value is -2.71. The normalized spacial score (nSPS) is 13.6.